The number of esters is 1. The van der Waals surface area contributed by atoms with Gasteiger partial charge in [0.05, 0.1) is 0 Å². The lowest BCUT2D eigenvalue weighted by molar-refractivity contribution is -0.131. The number of carbonyl (C=O) groups is 2. The number of allylic oxidation sites excluding steroid dienone is 2. The Morgan fingerprint density at radius 3 is 2.67 bits per heavy atom. The van der Waals surface area contributed by atoms with Gasteiger partial charge in [0.15, 0.2) is 5.78 Å². The van der Waals surface area contributed by atoms with Crippen molar-refractivity contribution in [3.63, 3.8) is 0 Å². The summed E-state index contributed by atoms with van der Waals surface area (Å²) in [5.41, 5.74) is 0.506. The lowest BCUT2D eigenvalue weighted by Gasteiger charge is -2.02. The van der Waals surface area contributed by atoms with E-state index in [9.17, 15) is 9.59 Å². The third-order valence-electron chi connectivity index (χ3n) is 1.70. The van der Waals surface area contributed by atoms with Crippen molar-refractivity contribution in [1.29, 1.82) is 0 Å². The zero-order valence-corrected chi connectivity index (χ0v) is 8.69. The maximum absolute atomic E-state index is 11.5. The van der Waals surface area contributed by atoms with Crippen LogP contribution in [0, 0.1) is 0 Å². The van der Waals surface area contributed by atoms with E-state index in [1.54, 1.807) is 37.3 Å². The van der Waals surface area contributed by atoms with E-state index in [1.165, 1.54) is 13.0 Å². The SMILES string of the molecule is C/C=C/C(=O)c1cccc(OC(C)=O)c1. The van der Waals surface area contributed by atoms with E-state index in [1.807, 2.05) is 0 Å². The summed E-state index contributed by atoms with van der Waals surface area (Å²) in [4.78, 5) is 22.2. The van der Waals surface area contributed by atoms with E-state index in [4.69, 9.17) is 4.74 Å². The molecule has 0 aliphatic rings. The quantitative estimate of drug-likeness (QED) is 0.328. The normalized spacial score (nSPS) is 10.3. The number of benzene rings is 1. The molecule has 0 heterocycles. The third-order valence-corrected chi connectivity index (χ3v) is 1.70. The first-order chi connectivity index (χ1) is 7.13. The van der Waals surface area contributed by atoms with Crippen molar-refractivity contribution in [2.75, 3.05) is 0 Å². The van der Waals surface area contributed by atoms with Crippen LogP contribution in [0.5, 0.6) is 5.75 Å². The van der Waals surface area contributed by atoms with Gasteiger partial charge in [-0.05, 0) is 25.1 Å². The molecule has 0 aromatic heterocycles. The maximum Gasteiger partial charge on any atom is 0.308 e. The zero-order chi connectivity index (χ0) is 11.3. The molecule has 0 spiro atoms. The molecule has 78 valence electrons. The summed E-state index contributed by atoms with van der Waals surface area (Å²) < 4.78 is 4.87. The summed E-state index contributed by atoms with van der Waals surface area (Å²) in [5, 5.41) is 0. The summed E-state index contributed by atoms with van der Waals surface area (Å²) in [6.07, 6.45) is 3.13. The summed E-state index contributed by atoms with van der Waals surface area (Å²) in [5.74, 6) is -0.116. The highest BCUT2D eigenvalue weighted by atomic mass is 16.5. The predicted octanol–water partition coefficient (Wildman–Crippen LogP) is 2.37. The summed E-state index contributed by atoms with van der Waals surface area (Å²) in [7, 11) is 0. The van der Waals surface area contributed by atoms with Crippen LogP contribution >= 0.6 is 0 Å². The lowest BCUT2D eigenvalue weighted by atomic mass is 10.1. The molecule has 3 heteroatoms. The second kappa shape index (κ2) is 5.10. The average molecular weight is 204 g/mol. The molecule has 0 unspecified atom stereocenters. The first kappa shape index (κ1) is 11.2. The molecule has 0 atom stereocenters. The van der Waals surface area contributed by atoms with Crippen LogP contribution in [-0.4, -0.2) is 11.8 Å². The summed E-state index contributed by atoms with van der Waals surface area (Å²) in [6.45, 7) is 3.09. The minimum atomic E-state index is -0.398. The topological polar surface area (TPSA) is 43.4 Å². The van der Waals surface area contributed by atoms with Crippen LogP contribution < -0.4 is 4.74 Å². The van der Waals surface area contributed by atoms with Crippen molar-refractivity contribution in [3.05, 3.63) is 42.0 Å². The Morgan fingerprint density at radius 1 is 1.33 bits per heavy atom. The van der Waals surface area contributed by atoms with Crippen molar-refractivity contribution in [3.8, 4) is 5.75 Å². The van der Waals surface area contributed by atoms with E-state index in [0.717, 1.165) is 0 Å². The molecule has 0 saturated carbocycles. The fourth-order valence-electron chi connectivity index (χ4n) is 1.13. The molecule has 1 aromatic rings. The highest BCUT2D eigenvalue weighted by molar-refractivity contribution is 6.04. The van der Waals surface area contributed by atoms with Crippen molar-refractivity contribution in [2.45, 2.75) is 13.8 Å². The third kappa shape index (κ3) is 3.38. The van der Waals surface area contributed by atoms with Crippen molar-refractivity contribution in [1.82, 2.24) is 0 Å². The maximum atomic E-state index is 11.5. The van der Waals surface area contributed by atoms with Crippen LogP contribution in [0.4, 0.5) is 0 Å². The molecule has 15 heavy (non-hydrogen) atoms. The summed E-state index contributed by atoms with van der Waals surface area (Å²) in [6, 6.07) is 6.53. The van der Waals surface area contributed by atoms with Crippen LogP contribution in [0.25, 0.3) is 0 Å². The van der Waals surface area contributed by atoms with Crippen molar-refractivity contribution in [2.24, 2.45) is 0 Å². The molecule has 0 aliphatic carbocycles. The Kier molecular flexibility index (Phi) is 3.80. The van der Waals surface area contributed by atoms with Gasteiger partial charge in [-0.2, -0.15) is 0 Å². The number of ketones is 1. The number of hydrogen-bond donors (Lipinski definition) is 0. The minimum absolute atomic E-state index is 0.105. The number of rotatable bonds is 3. The first-order valence-corrected chi connectivity index (χ1v) is 4.59. The van der Waals surface area contributed by atoms with Crippen LogP contribution in [-0.2, 0) is 4.79 Å². The fraction of sp³-hybridized carbons (Fsp3) is 0.167. The molecular formula is C12H12O3. The van der Waals surface area contributed by atoms with Gasteiger partial charge in [-0.3, -0.25) is 9.59 Å². The van der Waals surface area contributed by atoms with Crippen LogP contribution in [0.1, 0.15) is 24.2 Å². The Hall–Kier alpha value is -1.90. The fourth-order valence-corrected chi connectivity index (χ4v) is 1.13. The van der Waals surface area contributed by atoms with Gasteiger partial charge in [0.25, 0.3) is 0 Å². The van der Waals surface area contributed by atoms with E-state index >= 15 is 0 Å². The van der Waals surface area contributed by atoms with Crippen LogP contribution in [0.3, 0.4) is 0 Å². The molecule has 0 amide bonds. The van der Waals surface area contributed by atoms with Gasteiger partial charge in [-0.25, -0.2) is 0 Å². The zero-order valence-electron chi connectivity index (χ0n) is 8.69. The van der Waals surface area contributed by atoms with E-state index in [0.29, 0.717) is 11.3 Å². The molecule has 1 aromatic carbocycles. The van der Waals surface area contributed by atoms with Gasteiger partial charge in [0, 0.05) is 12.5 Å². The van der Waals surface area contributed by atoms with Crippen LogP contribution in [0.2, 0.25) is 0 Å². The van der Waals surface area contributed by atoms with E-state index in [-0.39, 0.29) is 5.78 Å². The Balaban J connectivity index is 2.92. The molecule has 3 nitrogen and oxygen atoms in total. The molecule has 0 N–H and O–H groups in total. The van der Waals surface area contributed by atoms with Gasteiger partial charge < -0.3 is 4.74 Å². The van der Waals surface area contributed by atoms with Crippen molar-refractivity contribution < 1.29 is 14.3 Å². The average Bonchev–Trinajstić information content (AvgIpc) is 2.17. The Labute approximate surface area is 88.4 Å². The van der Waals surface area contributed by atoms with Gasteiger partial charge in [0.1, 0.15) is 5.75 Å². The highest BCUT2D eigenvalue weighted by Gasteiger charge is 2.04. The van der Waals surface area contributed by atoms with Gasteiger partial charge in [0.2, 0.25) is 0 Å². The largest absolute Gasteiger partial charge is 0.427 e. The predicted molar refractivity (Wildman–Crippen MR) is 56.9 cm³/mol. The molecule has 0 bridgehead atoms. The first-order valence-electron chi connectivity index (χ1n) is 4.59. The van der Waals surface area contributed by atoms with E-state index < -0.39 is 5.97 Å². The number of hydrogen-bond acceptors (Lipinski definition) is 3. The minimum Gasteiger partial charge on any atom is -0.427 e. The molecule has 0 saturated heterocycles. The molecule has 0 radical (unpaired) electrons. The second-order valence-corrected chi connectivity index (χ2v) is 2.99. The smallest absolute Gasteiger partial charge is 0.308 e. The standard InChI is InChI=1S/C12H12O3/c1-3-5-12(14)10-6-4-7-11(8-10)15-9(2)13/h3-8H,1-2H3/b5-3+. The molecular weight excluding hydrogens is 192 g/mol. The monoisotopic (exact) mass is 204 g/mol. The van der Waals surface area contributed by atoms with Crippen molar-refractivity contribution >= 4 is 11.8 Å². The molecule has 1 rings (SSSR count). The Morgan fingerprint density at radius 2 is 2.07 bits per heavy atom. The molecule has 0 aliphatic heterocycles. The van der Waals surface area contributed by atoms with E-state index in [2.05, 4.69) is 0 Å². The number of ether oxygens (including phenoxy) is 1. The Bertz CT molecular complexity index is 405. The lowest BCUT2D eigenvalue weighted by Crippen LogP contribution is -2.02. The van der Waals surface area contributed by atoms with Gasteiger partial charge in [-0.1, -0.05) is 18.2 Å². The summed E-state index contributed by atoms with van der Waals surface area (Å²) >= 11 is 0. The van der Waals surface area contributed by atoms with Gasteiger partial charge >= 0.3 is 5.97 Å². The van der Waals surface area contributed by atoms with Crippen LogP contribution in [0.15, 0.2) is 36.4 Å². The molecule has 0 fully saturated rings. The highest BCUT2D eigenvalue weighted by Crippen LogP contribution is 2.14. The van der Waals surface area contributed by atoms with Gasteiger partial charge in [-0.15, -0.1) is 0 Å². The second-order valence-electron chi connectivity index (χ2n) is 2.99. The number of carbonyl (C=O) groups excluding carboxylic acids is 2.